The van der Waals surface area contributed by atoms with Crippen LogP contribution < -0.4 is 5.32 Å². The molecule has 0 saturated carbocycles. The summed E-state index contributed by atoms with van der Waals surface area (Å²) in [6.07, 6.45) is 5.85. The molecule has 17 heavy (non-hydrogen) atoms. The molecule has 0 bridgehead atoms. The Bertz CT molecular complexity index is 357. The molecule has 0 heterocycles. The van der Waals surface area contributed by atoms with Gasteiger partial charge in [0.15, 0.2) is 0 Å². The van der Waals surface area contributed by atoms with Crippen LogP contribution in [-0.2, 0) is 0 Å². The Kier molecular flexibility index (Phi) is 6.19. The van der Waals surface area contributed by atoms with Crippen LogP contribution in [0.2, 0.25) is 0 Å². The summed E-state index contributed by atoms with van der Waals surface area (Å²) in [5.74, 6) is -1.13. The number of rotatable bonds is 7. The predicted molar refractivity (Wildman–Crippen MR) is 71.2 cm³/mol. The standard InChI is InChI=1S/C13H16BrF2N/c1-2-3-4-5-6-7-17-13-11(15)8-10(14)9-12(13)16/h2,8-9,17H,1,3-7H2. The Morgan fingerprint density at radius 2 is 1.82 bits per heavy atom. The van der Waals surface area contributed by atoms with Gasteiger partial charge in [0.1, 0.15) is 17.3 Å². The van der Waals surface area contributed by atoms with Gasteiger partial charge in [-0.1, -0.05) is 28.4 Å². The summed E-state index contributed by atoms with van der Waals surface area (Å²) >= 11 is 3.04. The zero-order valence-electron chi connectivity index (χ0n) is 9.61. The summed E-state index contributed by atoms with van der Waals surface area (Å²) in [6.45, 7) is 4.21. The van der Waals surface area contributed by atoms with Gasteiger partial charge in [0, 0.05) is 11.0 Å². The van der Waals surface area contributed by atoms with E-state index in [1.165, 1.54) is 12.1 Å². The minimum Gasteiger partial charge on any atom is -0.380 e. The maximum atomic E-state index is 13.4. The molecule has 1 nitrogen and oxygen atoms in total. The van der Waals surface area contributed by atoms with Gasteiger partial charge in [0.25, 0.3) is 0 Å². The van der Waals surface area contributed by atoms with E-state index >= 15 is 0 Å². The van der Waals surface area contributed by atoms with Crippen molar-refractivity contribution in [3.8, 4) is 0 Å². The van der Waals surface area contributed by atoms with Crippen molar-refractivity contribution in [3.05, 3.63) is 40.9 Å². The van der Waals surface area contributed by atoms with Crippen LogP contribution in [0.25, 0.3) is 0 Å². The number of halogens is 3. The highest BCUT2D eigenvalue weighted by atomic mass is 79.9. The van der Waals surface area contributed by atoms with Crippen LogP contribution in [0.5, 0.6) is 0 Å². The number of nitrogens with one attached hydrogen (secondary N) is 1. The van der Waals surface area contributed by atoms with E-state index in [0.717, 1.165) is 25.7 Å². The molecule has 1 N–H and O–H groups in total. The van der Waals surface area contributed by atoms with Crippen LogP contribution in [0.1, 0.15) is 25.7 Å². The molecule has 1 aromatic carbocycles. The minimum absolute atomic E-state index is 0.0445. The molecule has 0 aliphatic heterocycles. The van der Waals surface area contributed by atoms with Crippen molar-refractivity contribution in [1.29, 1.82) is 0 Å². The SMILES string of the molecule is C=CCCCCCNc1c(F)cc(Br)cc1F. The fourth-order valence-corrected chi connectivity index (χ4v) is 1.92. The second-order valence-electron chi connectivity index (χ2n) is 3.81. The van der Waals surface area contributed by atoms with E-state index in [0.29, 0.717) is 11.0 Å². The highest BCUT2D eigenvalue weighted by Gasteiger charge is 2.09. The summed E-state index contributed by atoms with van der Waals surface area (Å²) in [4.78, 5) is 0. The Labute approximate surface area is 109 Å². The number of unbranched alkanes of at least 4 members (excludes halogenated alkanes) is 3. The molecule has 0 aromatic heterocycles. The molecule has 0 aliphatic carbocycles. The normalized spacial score (nSPS) is 10.3. The van der Waals surface area contributed by atoms with Gasteiger partial charge in [-0.3, -0.25) is 0 Å². The van der Waals surface area contributed by atoms with Gasteiger partial charge in [-0.05, 0) is 31.4 Å². The molecular weight excluding hydrogens is 288 g/mol. The van der Waals surface area contributed by atoms with E-state index in [2.05, 4.69) is 27.8 Å². The largest absolute Gasteiger partial charge is 0.380 e. The fraction of sp³-hybridized carbons (Fsp3) is 0.385. The van der Waals surface area contributed by atoms with E-state index in [9.17, 15) is 8.78 Å². The molecule has 0 spiro atoms. The van der Waals surface area contributed by atoms with Crippen LogP contribution in [0.15, 0.2) is 29.3 Å². The van der Waals surface area contributed by atoms with Crippen molar-refractivity contribution < 1.29 is 8.78 Å². The Balaban J connectivity index is 2.39. The van der Waals surface area contributed by atoms with Gasteiger partial charge in [-0.25, -0.2) is 8.78 Å². The lowest BCUT2D eigenvalue weighted by Crippen LogP contribution is -2.05. The highest BCUT2D eigenvalue weighted by Crippen LogP contribution is 2.23. The second-order valence-corrected chi connectivity index (χ2v) is 4.72. The van der Waals surface area contributed by atoms with Crippen molar-refractivity contribution in [2.45, 2.75) is 25.7 Å². The second kappa shape index (κ2) is 7.43. The van der Waals surface area contributed by atoms with Crippen LogP contribution in [-0.4, -0.2) is 6.54 Å². The number of hydrogen-bond donors (Lipinski definition) is 1. The van der Waals surface area contributed by atoms with E-state index in [-0.39, 0.29) is 5.69 Å². The topological polar surface area (TPSA) is 12.0 Å². The Morgan fingerprint density at radius 3 is 2.41 bits per heavy atom. The van der Waals surface area contributed by atoms with E-state index in [1.807, 2.05) is 6.08 Å². The molecule has 0 atom stereocenters. The van der Waals surface area contributed by atoms with Gasteiger partial charge in [-0.2, -0.15) is 0 Å². The zero-order valence-corrected chi connectivity index (χ0v) is 11.2. The van der Waals surface area contributed by atoms with E-state index < -0.39 is 11.6 Å². The molecule has 0 radical (unpaired) electrons. The molecule has 1 aromatic rings. The molecule has 1 rings (SSSR count). The van der Waals surface area contributed by atoms with Crippen molar-refractivity contribution in [1.82, 2.24) is 0 Å². The number of hydrogen-bond acceptors (Lipinski definition) is 1. The first-order chi connectivity index (χ1) is 8.15. The van der Waals surface area contributed by atoms with Gasteiger partial charge in [0.2, 0.25) is 0 Å². The Morgan fingerprint density at radius 1 is 1.18 bits per heavy atom. The van der Waals surface area contributed by atoms with Crippen molar-refractivity contribution in [2.75, 3.05) is 11.9 Å². The third-order valence-corrected chi connectivity index (χ3v) is 2.85. The number of anilines is 1. The third-order valence-electron chi connectivity index (χ3n) is 2.39. The monoisotopic (exact) mass is 303 g/mol. The van der Waals surface area contributed by atoms with Crippen molar-refractivity contribution in [2.24, 2.45) is 0 Å². The summed E-state index contributed by atoms with van der Waals surface area (Å²) in [7, 11) is 0. The van der Waals surface area contributed by atoms with Crippen LogP contribution >= 0.6 is 15.9 Å². The number of benzene rings is 1. The fourth-order valence-electron chi connectivity index (χ4n) is 1.51. The lowest BCUT2D eigenvalue weighted by molar-refractivity contribution is 0.585. The quantitative estimate of drug-likeness (QED) is 0.559. The summed E-state index contributed by atoms with van der Waals surface area (Å²) in [5.41, 5.74) is -0.0445. The lowest BCUT2D eigenvalue weighted by atomic mass is 10.2. The maximum Gasteiger partial charge on any atom is 0.150 e. The van der Waals surface area contributed by atoms with E-state index in [1.54, 1.807) is 0 Å². The first-order valence-corrected chi connectivity index (χ1v) is 6.43. The molecule has 0 saturated heterocycles. The minimum atomic E-state index is -0.567. The van der Waals surface area contributed by atoms with Crippen molar-refractivity contribution in [3.63, 3.8) is 0 Å². The zero-order chi connectivity index (χ0) is 12.7. The predicted octanol–water partition coefficient (Wildman–Crippen LogP) is 4.89. The Hall–Kier alpha value is -0.900. The lowest BCUT2D eigenvalue weighted by Gasteiger charge is -2.08. The summed E-state index contributed by atoms with van der Waals surface area (Å²) in [5, 5.41) is 2.79. The van der Waals surface area contributed by atoms with Gasteiger partial charge < -0.3 is 5.32 Å². The maximum absolute atomic E-state index is 13.4. The van der Waals surface area contributed by atoms with E-state index in [4.69, 9.17) is 0 Å². The highest BCUT2D eigenvalue weighted by molar-refractivity contribution is 9.10. The van der Waals surface area contributed by atoms with Gasteiger partial charge >= 0.3 is 0 Å². The van der Waals surface area contributed by atoms with Gasteiger partial charge in [0.05, 0.1) is 0 Å². The molecular formula is C13H16BrF2N. The van der Waals surface area contributed by atoms with Crippen molar-refractivity contribution >= 4 is 21.6 Å². The molecule has 0 fully saturated rings. The molecule has 4 heteroatoms. The summed E-state index contributed by atoms with van der Waals surface area (Å²) in [6, 6.07) is 2.51. The van der Waals surface area contributed by atoms with Crippen LogP contribution in [0.3, 0.4) is 0 Å². The third kappa shape index (κ3) is 4.86. The number of allylic oxidation sites excluding steroid dienone is 1. The first kappa shape index (κ1) is 14.2. The molecule has 0 unspecified atom stereocenters. The molecule has 94 valence electrons. The average Bonchev–Trinajstić information content (AvgIpc) is 2.26. The molecule has 0 aliphatic rings. The van der Waals surface area contributed by atoms with Gasteiger partial charge in [-0.15, -0.1) is 6.58 Å². The smallest absolute Gasteiger partial charge is 0.150 e. The average molecular weight is 304 g/mol. The summed E-state index contributed by atoms with van der Waals surface area (Å²) < 4.78 is 27.2. The van der Waals surface area contributed by atoms with Crippen LogP contribution in [0, 0.1) is 11.6 Å². The first-order valence-electron chi connectivity index (χ1n) is 5.64. The van der Waals surface area contributed by atoms with Crippen LogP contribution in [0.4, 0.5) is 14.5 Å². The molecule has 0 amide bonds.